The van der Waals surface area contributed by atoms with Gasteiger partial charge in [0.1, 0.15) is 5.92 Å². The molecular weight excluding hydrogens is 138 g/mol. The maximum Gasteiger partial charge on any atom is 0.316 e. The van der Waals surface area contributed by atoms with E-state index >= 15 is 0 Å². The molecule has 0 spiro atoms. The van der Waals surface area contributed by atoms with E-state index in [9.17, 15) is 14.4 Å². The van der Waals surface area contributed by atoms with Crippen molar-refractivity contribution >= 4 is 17.8 Å². The molecule has 1 atom stereocenters. The van der Waals surface area contributed by atoms with Gasteiger partial charge >= 0.3 is 5.97 Å². The molecule has 0 aromatic heterocycles. The second-order valence-corrected chi connectivity index (χ2v) is 2.01. The van der Waals surface area contributed by atoms with Crippen molar-refractivity contribution in [2.24, 2.45) is 5.92 Å². The lowest BCUT2D eigenvalue weighted by Crippen LogP contribution is -2.25. The van der Waals surface area contributed by atoms with Gasteiger partial charge in [-0.1, -0.05) is 0 Å². The molecule has 0 radical (unpaired) electrons. The molecule has 1 fully saturated rings. The Balaban J connectivity index is 2.72. The summed E-state index contributed by atoms with van der Waals surface area (Å²) in [5.74, 6) is -3.65. The molecule has 5 nitrogen and oxygen atoms in total. The number of aliphatic carboxylic acids is 1. The predicted octanol–water partition coefficient (Wildman–Crippen LogP) is -1.27. The van der Waals surface area contributed by atoms with E-state index in [0.29, 0.717) is 0 Å². The third-order valence-corrected chi connectivity index (χ3v) is 1.27. The lowest BCUT2D eigenvalue weighted by atomic mass is 10.1. The molecule has 54 valence electrons. The van der Waals surface area contributed by atoms with Crippen LogP contribution in [0.1, 0.15) is 6.42 Å². The van der Waals surface area contributed by atoms with Crippen LogP contribution in [-0.4, -0.2) is 22.9 Å². The maximum absolute atomic E-state index is 10.5. The van der Waals surface area contributed by atoms with Crippen molar-refractivity contribution < 1.29 is 19.5 Å². The minimum absolute atomic E-state index is 0.228. The largest absolute Gasteiger partial charge is 0.481 e. The average molecular weight is 143 g/mol. The summed E-state index contributed by atoms with van der Waals surface area (Å²) in [5, 5.41) is 10.2. The van der Waals surface area contributed by atoms with Gasteiger partial charge < -0.3 is 5.11 Å². The number of carbonyl (C=O) groups excluding carboxylic acids is 2. The van der Waals surface area contributed by atoms with E-state index in [4.69, 9.17) is 5.11 Å². The zero-order valence-electron chi connectivity index (χ0n) is 4.96. The van der Waals surface area contributed by atoms with Crippen molar-refractivity contribution in [3.05, 3.63) is 0 Å². The van der Waals surface area contributed by atoms with Crippen LogP contribution < -0.4 is 5.32 Å². The lowest BCUT2D eigenvalue weighted by Gasteiger charge is -1.94. The van der Waals surface area contributed by atoms with Crippen LogP contribution in [0.15, 0.2) is 0 Å². The highest BCUT2D eigenvalue weighted by atomic mass is 16.4. The molecule has 1 rings (SSSR count). The second kappa shape index (κ2) is 2.09. The average Bonchev–Trinajstić information content (AvgIpc) is 2.10. The van der Waals surface area contributed by atoms with Gasteiger partial charge in [-0.25, -0.2) is 0 Å². The molecule has 0 aliphatic carbocycles. The third kappa shape index (κ3) is 0.975. The number of carbonyl (C=O) groups is 3. The smallest absolute Gasteiger partial charge is 0.316 e. The Hall–Kier alpha value is -1.39. The van der Waals surface area contributed by atoms with Crippen molar-refractivity contribution in [3.63, 3.8) is 0 Å². The van der Waals surface area contributed by atoms with E-state index in [2.05, 4.69) is 0 Å². The molecular formula is C5H5NO4. The van der Waals surface area contributed by atoms with Gasteiger partial charge in [-0.3, -0.25) is 19.7 Å². The molecule has 5 heteroatoms. The van der Waals surface area contributed by atoms with Crippen LogP contribution in [0.3, 0.4) is 0 Å². The van der Waals surface area contributed by atoms with Crippen LogP contribution in [0.5, 0.6) is 0 Å². The van der Waals surface area contributed by atoms with Crippen LogP contribution in [0.4, 0.5) is 0 Å². The molecule has 0 aromatic carbocycles. The quantitative estimate of drug-likeness (QED) is 0.354. The summed E-state index contributed by atoms with van der Waals surface area (Å²) < 4.78 is 0. The van der Waals surface area contributed by atoms with Crippen molar-refractivity contribution in [2.45, 2.75) is 6.42 Å². The first-order valence-electron chi connectivity index (χ1n) is 2.68. The van der Waals surface area contributed by atoms with Crippen molar-refractivity contribution in [3.8, 4) is 0 Å². The number of imide groups is 1. The molecule has 0 saturated carbocycles. The molecule has 1 saturated heterocycles. The number of carboxylic acid groups (broad SMARTS) is 1. The van der Waals surface area contributed by atoms with E-state index in [1.165, 1.54) is 0 Å². The van der Waals surface area contributed by atoms with Gasteiger partial charge in [0.25, 0.3) is 0 Å². The van der Waals surface area contributed by atoms with E-state index in [1.807, 2.05) is 5.32 Å². The van der Waals surface area contributed by atoms with E-state index in [-0.39, 0.29) is 6.42 Å². The normalized spacial score (nSPS) is 24.6. The molecule has 1 aliphatic rings. The molecule has 2 N–H and O–H groups in total. The van der Waals surface area contributed by atoms with Gasteiger partial charge in [0, 0.05) is 6.42 Å². The summed E-state index contributed by atoms with van der Waals surface area (Å²) in [6.07, 6.45) is -0.228. The van der Waals surface area contributed by atoms with Crippen molar-refractivity contribution in [1.82, 2.24) is 5.32 Å². The van der Waals surface area contributed by atoms with Gasteiger partial charge in [0.15, 0.2) is 0 Å². The Kier molecular flexibility index (Phi) is 1.41. The Morgan fingerprint density at radius 2 is 2.20 bits per heavy atom. The van der Waals surface area contributed by atoms with E-state index in [0.717, 1.165) is 0 Å². The summed E-state index contributed by atoms with van der Waals surface area (Å²) in [7, 11) is 0. The Labute approximate surface area is 56.0 Å². The molecule has 10 heavy (non-hydrogen) atoms. The summed E-state index contributed by atoms with van der Waals surface area (Å²) in [6.45, 7) is 0. The van der Waals surface area contributed by atoms with Gasteiger partial charge in [-0.2, -0.15) is 0 Å². The predicted molar refractivity (Wildman–Crippen MR) is 28.9 cm³/mol. The lowest BCUT2D eigenvalue weighted by molar-refractivity contribution is -0.145. The van der Waals surface area contributed by atoms with Crippen LogP contribution in [0.25, 0.3) is 0 Å². The van der Waals surface area contributed by atoms with E-state index in [1.54, 1.807) is 0 Å². The molecule has 0 unspecified atom stereocenters. The SMILES string of the molecule is O=C1C[C@H](C(=O)O)C(=O)N1. The van der Waals surface area contributed by atoms with E-state index < -0.39 is 23.7 Å². The van der Waals surface area contributed by atoms with Crippen LogP contribution in [0.2, 0.25) is 0 Å². The zero-order valence-corrected chi connectivity index (χ0v) is 4.96. The summed E-state index contributed by atoms with van der Waals surface area (Å²) >= 11 is 0. The highest BCUT2D eigenvalue weighted by Crippen LogP contribution is 2.09. The topological polar surface area (TPSA) is 83.5 Å². The third-order valence-electron chi connectivity index (χ3n) is 1.27. The van der Waals surface area contributed by atoms with Crippen molar-refractivity contribution in [2.75, 3.05) is 0 Å². The molecule has 2 amide bonds. The number of amides is 2. The highest BCUT2D eigenvalue weighted by Gasteiger charge is 2.35. The summed E-state index contributed by atoms with van der Waals surface area (Å²) in [4.78, 5) is 31.0. The number of hydrogen-bond donors (Lipinski definition) is 2. The highest BCUT2D eigenvalue weighted by molar-refractivity contribution is 6.12. The molecule has 0 bridgehead atoms. The molecule has 1 aliphatic heterocycles. The summed E-state index contributed by atoms with van der Waals surface area (Å²) in [6, 6.07) is 0. The molecule has 0 aromatic rings. The van der Waals surface area contributed by atoms with Gasteiger partial charge in [-0.15, -0.1) is 0 Å². The van der Waals surface area contributed by atoms with Crippen molar-refractivity contribution in [1.29, 1.82) is 0 Å². The van der Waals surface area contributed by atoms with Gasteiger partial charge in [0.2, 0.25) is 11.8 Å². The summed E-state index contributed by atoms with van der Waals surface area (Å²) in [5.41, 5.74) is 0. The number of hydrogen-bond acceptors (Lipinski definition) is 3. The fraction of sp³-hybridized carbons (Fsp3) is 0.400. The minimum Gasteiger partial charge on any atom is -0.481 e. The van der Waals surface area contributed by atoms with Gasteiger partial charge in [-0.05, 0) is 0 Å². The first-order chi connectivity index (χ1) is 4.61. The van der Waals surface area contributed by atoms with Gasteiger partial charge in [0.05, 0.1) is 0 Å². The van der Waals surface area contributed by atoms with Crippen LogP contribution >= 0.6 is 0 Å². The standard InChI is InChI=1S/C5H5NO4/c7-3-1-2(5(9)10)4(8)6-3/h2H,1H2,(H,9,10)(H,6,7,8)/t2-/m0/s1. The molecule has 1 heterocycles. The van der Waals surface area contributed by atoms with Crippen LogP contribution in [0, 0.1) is 5.92 Å². The fourth-order valence-corrected chi connectivity index (χ4v) is 0.753. The maximum atomic E-state index is 10.5. The zero-order chi connectivity index (χ0) is 7.72. The number of rotatable bonds is 1. The second-order valence-electron chi connectivity index (χ2n) is 2.01. The Morgan fingerprint density at radius 3 is 2.40 bits per heavy atom. The fourth-order valence-electron chi connectivity index (χ4n) is 0.753. The monoisotopic (exact) mass is 143 g/mol. The minimum atomic E-state index is -1.25. The Morgan fingerprint density at radius 1 is 1.60 bits per heavy atom. The Bertz CT molecular complexity index is 210. The number of nitrogens with one attached hydrogen (secondary N) is 1. The number of carboxylic acids is 1. The first-order valence-corrected chi connectivity index (χ1v) is 2.68. The first kappa shape index (κ1) is 6.73. The van der Waals surface area contributed by atoms with Crippen LogP contribution in [-0.2, 0) is 14.4 Å².